The van der Waals surface area contributed by atoms with E-state index in [0.717, 1.165) is 18.6 Å². The number of carbonyl (C=O) groups excluding carboxylic acids is 1. The fraction of sp³-hybridized carbons (Fsp3) is 0.650. The smallest absolute Gasteiger partial charge is 0.302 e. The number of benzene rings is 1. The molecule has 0 spiro atoms. The molecule has 3 atom stereocenters. The third kappa shape index (κ3) is 2.75. The average Bonchev–Trinajstić information content (AvgIpc) is 2.52. The van der Waals surface area contributed by atoms with Gasteiger partial charge in [0.1, 0.15) is 5.75 Å². The van der Waals surface area contributed by atoms with Crippen LogP contribution in [0.4, 0.5) is 0 Å². The van der Waals surface area contributed by atoms with Crippen molar-refractivity contribution in [3.05, 3.63) is 29.3 Å². The summed E-state index contributed by atoms with van der Waals surface area (Å²) in [4.78, 5) is 11.3. The third-order valence-electron chi connectivity index (χ3n) is 6.29. The number of carbonyl (C=O) groups is 1. The molecule has 2 unspecified atom stereocenters. The lowest BCUT2D eigenvalue weighted by Crippen LogP contribution is -2.51. The van der Waals surface area contributed by atoms with Crippen molar-refractivity contribution in [2.24, 2.45) is 11.3 Å². The molecule has 0 bridgehead atoms. The summed E-state index contributed by atoms with van der Waals surface area (Å²) < 4.78 is 10.9. The standard InChI is InChI=1S/C20H28O3/c1-14(21)23-13-19(2)10-5-11-20(3)17-12-16(22-4)8-6-15(17)7-9-18(19)20/h6,8,12,18H,5,7,9-11,13H2,1-4H3/t18?,19-,20?/m1/s1. The van der Waals surface area contributed by atoms with Gasteiger partial charge in [-0.3, -0.25) is 4.79 Å². The van der Waals surface area contributed by atoms with Crippen molar-refractivity contribution in [1.82, 2.24) is 0 Å². The number of rotatable bonds is 3. The summed E-state index contributed by atoms with van der Waals surface area (Å²) in [5.41, 5.74) is 3.12. The second kappa shape index (κ2) is 5.85. The summed E-state index contributed by atoms with van der Waals surface area (Å²) >= 11 is 0. The van der Waals surface area contributed by atoms with Crippen LogP contribution < -0.4 is 4.74 Å². The normalized spacial score (nSPS) is 32.6. The van der Waals surface area contributed by atoms with Crippen LogP contribution in [0.15, 0.2) is 18.2 Å². The maximum atomic E-state index is 11.3. The summed E-state index contributed by atoms with van der Waals surface area (Å²) in [6.07, 6.45) is 5.80. The minimum atomic E-state index is -0.170. The van der Waals surface area contributed by atoms with Gasteiger partial charge >= 0.3 is 5.97 Å². The molecule has 1 saturated carbocycles. The molecule has 1 fully saturated rings. The first-order chi connectivity index (χ1) is 10.9. The van der Waals surface area contributed by atoms with E-state index in [9.17, 15) is 4.79 Å². The number of hydrogen-bond acceptors (Lipinski definition) is 3. The molecule has 3 rings (SSSR count). The lowest BCUT2D eigenvalue weighted by molar-refractivity contribution is -0.148. The monoisotopic (exact) mass is 316 g/mol. The van der Waals surface area contributed by atoms with Crippen LogP contribution >= 0.6 is 0 Å². The Kier molecular flexibility index (Phi) is 4.16. The van der Waals surface area contributed by atoms with Crippen molar-refractivity contribution in [1.29, 1.82) is 0 Å². The first kappa shape index (κ1) is 16.4. The Morgan fingerprint density at radius 1 is 1.30 bits per heavy atom. The highest BCUT2D eigenvalue weighted by Gasteiger charge is 2.52. The maximum absolute atomic E-state index is 11.3. The number of hydrogen-bond donors (Lipinski definition) is 0. The molecule has 0 heterocycles. The van der Waals surface area contributed by atoms with E-state index in [2.05, 4.69) is 32.0 Å². The predicted octanol–water partition coefficient (Wildman–Crippen LogP) is 4.27. The van der Waals surface area contributed by atoms with Crippen molar-refractivity contribution < 1.29 is 14.3 Å². The largest absolute Gasteiger partial charge is 0.497 e. The fourth-order valence-electron chi connectivity index (χ4n) is 5.14. The summed E-state index contributed by atoms with van der Waals surface area (Å²) in [6.45, 7) is 6.76. The second-order valence-electron chi connectivity index (χ2n) is 7.82. The summed E-state index contributed by atoms with van der Waals surface area (Å²) in [7, 11) is 1.73. The van der Waals surface area contributed by atoms with Crippen molar-refractivity contribution in [3.8, 4) is 5.75 Å². The molecule has 0 radical (unpaired) electrons. The van der Waals surface area contributed by atoms with E-state index in [1.165, 1.54) is 37.3 Å². The van der Waals surface area contributed by atoms with Gasteiger partial charge in [-0.25, -0.2) is 0 Å². The number of aryl methyl sites for hydroxylation is 1. The van der Waals surface area contributed by atoms with Crippen molar-refractivity contribution in [2.75, 3.05) is 13.7 Å². The molecule has 0 N–H and O–H groups in total. The van der Waals surface area contributed by atoms with Crippen LogP contribution in [0.25, 0.3) is 0 Å². The van der Waals surface area contributed by atoms with Gasteiger partial charge in [0.2, 0.25) is 0 Å². The molecule has 0 aromatic heterocycles. The summed E-state index contributed by atoms with van der Waals surface area (Å²) in [6, 6.07) is 6.54. The van der Waals surface area contributed by atoms with Crippen LogP contribution in [-0.4, -0.2) is 19.7 Å². The molecular formula is C20H28O3. The lowest BCUT2D eigenvalue weighted by Gasteiger charge is -2.55. The number of esters is 1. The van der Waals surface area contributed by atoms with Gasteiger partial charge in [0, 0.05) is 12.3 Å². The molecule has 126 valence electrons. The zero-order chi connectivity index (χ0) is 16.7. The topological polar surface area (TPSA) is 35.5 Å². The molecule has 3 nitrogen and oxygen atoms in total. The highest BCUT2D eigenvalue weighted by atomic mass is 16.5. The molecular weight excluding hydrogens is 288 g/mol. The quantitative estimate of drug-likeness (QED) is 0.781. The fourth-order valence-corrected chi connectivity index (χ4v) is 5.14. The summed E-state index contributed by atoms with van der Waals surface area (Å²) in [5.74, 6) is 1.32. The molecule has 3 heteroatoms. The molecule has 1 aromatic rings. The first-order valence-corrected chi connectivity index (χ1v) is 8.70. The average molecular weight is 316 g/mol. The van der Waals surface area contributed by atoms with Crippen LogP contribution in [0.5, 0.6) is 5.75 Å². The molecule has 2 aliphatic rings. The van der Waals surface area contributed by atoms with Crippen molar-refractivity contribution >= 4 is 5.97 Å². The molecule has 0 amide bonds. The molecule has 23 heavy (non-hydrogen) atoms. The highest BCUT2D eigenvalue weighted by Crippen LogP contribution is 2.57. The van der Waals surface area contributed by atoms with Crippen LogP contribution in [0.1, 0.15) is 57.6 Å². The van der Waals surface area contributed by atoms with Gasteiger partial charge in [-0.1, -0.05) is 26.3 Å². The van der Waals surface area contributed by atoms with Gasteiger partial charge in [-0.2, -0.15) is 0 Å². The van der Waals surface area contributed by atoms with E-state index in [-0.39, 0.29) is 16.8 Å². The van der Waals surface area contributed by atoms with Crippen LogP contribution in [0, 0.1) is 11.3 Å². The molecule has 1 aromatic carbocycles. The first-order valence-electron chi connectivity index (χ1n) is 8.70. The zero-order valence-electron chi connectivity index (χ0n) is 14.8. The minimum absolute atomic E-state index is 0.0689. The Labute approximate surface area is 139 Å². The zero-order valence-corrected chi connectivity index (χ0v) is 14.8. The molecule has 0 saturated heterocycles. The Balaban J connectivity index is 1.98. The van der Waals surface area contributed by atoms with Gasteiger partial charge < -0.3 is 9.47 Å². The third-order valence-corrected chi connectivity index (χ3v) is 6.29. The van der Waals surface area contributed by atoms with Crippen molar-refractivity contribution in [2.45, 2.75) is 58.3 Å². The van der Waals surface area contributed by atoms with Gasteiger partial charge in [-0.15, -0.1) is 0 Å². The maximum Gasteiger partial charge on any atom is 0.302 e. The Morgan fingerprint density at radius 2 is 2.09 bits per heavy atom. The number of methoxy groups -OCH3 is 1. The van der Waals surface area contributed by atoms with E-state index >= 15 is 0 Å². The van der Waals surface area contributed by atoms with E-state index in [4.69, 9.17) is 9.47 Å². The SMILES string of the molecule is COc1ccc2c(c1)C1(C)CCC[C@](C)(COC(C)=O)C1CC2. The van der Waals surface area contributed by atoms with Gasteiger partial charge in [0.25, 0.3) is 0 Å². The van der Waals surface area contributed by atoms with E-state index in [0.29, 0.717) is 12.5 Å². The van der Waals surface area contributed by atoms with E-state index in [1.807, 2.05) is 0 Å². The van der Waals surface area contributed by atoms with Gasteiger partial charge in [0.15, 0.2) is 0 Å². The summed E-state index contributed by atoms with van der Waals surface area (Å²) in [5, 5.41) is 0. The lowest BCUT2D eigenvalue weighted by atomic mass is 9.50. The van der Waals surface area contributed by atoms with Crippen molar-refractivity contribution in [3.63, 3.8) is 0 Å². The van der Waals surface area contributed by atoms with Gasteiger partial charge in [0.05, 0.1) is 13.7 Å². The second-order valence-corrected chi connectivity index (χ2v) is 7.82. The molecule has 0 aliphatic heterocycles. The van der Waals surface area contributed by atoms with Crippen LogP contribution in [0.2, 0.25) is 0 Å². The number of ether oxygens (including phenoxy) is 2. The predicted molar refractivity (Wildman–Crippen MR) is 90.7 cm³/mol. The number of fused-ring (bicyclic) bond motifs is 3. The van der Waals surface area contributed by atoms with Gasteiger partial charge in [-0.05, 0) is 60.3 Å². The minimum Gasteiger partial charge on any atom is -0.497 e. The van der Waals surface area contributed by atoms with E-state index < -0.39 is 0 Å². The van der Waals surface area contributed by atoms with E-state index in [1.54, 1.807) is 7.11 Å². The Hall–Kier alpha value is -1.51. The Bertz CT molecular complexity index is 609. The molecule has 2 aliphatic carbocycles. The Morgan fingerprint density at radius 3 is 2.78 bits per heavy atom. The highest BCUT2D eigenvalue weighted by molar-refractivity contribution is 5.65. The van der Waals surface area contributed by atoms with Crippen LogP contribution in [0.3, 0.4) is 0 Å². The van der Waals surface area contributed by atoms with Crippen LogP contribution in [-0.2, 0) is 21.4 Å².